The highest BCUT2D eigenvalue weighted by molar-refractivity contribution is 8.01. The molecule has 4 bridgehead atoms. The van der Waals surface area contributed by atoms with Gasteiger partial charge in [-0.3, -0.25) is 4.79 Å². The van der Waals surface area contributed by atoms with Gasteiger partial charge in [0.15, 0.2) is 4.34 Å². The minimum Gasteiger partial charge on any atom is -0.390 e. The average molecular weight is 471 g/mol. The molecule has 2 unspecified atom stereocenters. The maximum absolute atomic E-state index is 13.4. The van der Waals surface area contributed by atoms with Crippen LogP contribution in [0.5, 0.6) is 0 Å². The number of fused-ring (bicyclic) bond motifs is 1. The van der Waals surface area contributed by atoms with Crippen molar-refractivity contribution in [3.63, 3.8) is 0 Å². The highest BCUT2D eigenvalue weighted by Crippen LogP contribution is 2.61. The number of aryl methyl sites for hydroxylation is 1. The number of benzene rings is 1. The van der Waals surface area contributed by atoms with Crippen LogP contribution in [0.4, 0.5) is 5.69 Å². The summed E-state index contributed by atoms with van der Waals surface area (Å²) >= 11 is 5.24. The van der Waals surface area contributed by atoms with E-state index >= 15 is 0 Å². The predicted molar refractivity (Wildman–Crippen MR) is 129 cm³/mol. The fourth-order valence-electron chi connectivity index (χ4n) is 6.48. The highest BCUT2D eigenvalue weighted by Gasteiger charge is 2.60. The maximum Gasteiger partial charge on any atom is 0.230 e. The predicted octanol–water partition coefficient (Wildman–Crippen LogP) is 5.96. The van der Waals surface area contributed by atoms with Gasteiger partial charge in [0.2, 0.25) is 5.91 Å². The first kappa shape index (κ1) is 20.2. The molecule has 0 spiro atoms. The molecule has 2 N–H and O–H groups in total. The molecule has 3 aromatic rings. The van der Waals surface area contributed by atoms with Crippen LogP contribution in [-0.2, 0) is 11.2 Å². The molecule has 2 heterocycles. The van der Waals surface area contributed by atoms with Gasteiger partial charge in [-0.2, -0.15) is 11.3 Å². The van der Waals surface area contributed by atoms with Crippen LogP contribution in [0.15, 0.2) is 39.4 Å². The Kier molecular flexibility index (Phi) is 4.94. The third-order valence-electron chi connectivity index (χ3n) is 7.33. The number of nitrogens with zero attached hydrogens (tertiary/aromatic N) is 1. The van der Waals surface area contributed by atoms with E-state index < -0.39 is 5.60 Å². The zero-order valence-electron chi connectivity index (χ0n) is 17.3. The van der Waals surface area contributed by atoms with Gasteiger partial charge in [0.1, 0.15) is 0 Å². The van der Waals surface area contributed by atoms with E-state index in [9.17, 15) is 9.90 Å². The number of thiophene rings is 1. The average Bonchev–Trinajstić information content (AvgIpc) is 3.35. The lowest BCUT2D eigenvalue weighted by Crippen LogP contribution is -2.59. The van der Waals surface area contributed by atoms with E-state index in [1.165, 1.54) is 12.0 Å². The molecule has 4 aliphatic rings. The van der Waals surface area contributed by atoms with Crippen molar-refractivity contribution in [2.24, 2.45) is 17.3 Å². The Balaban J connectivity index is 1.15. The molecule has 1 aromatic carbocycles. The maximum atomic E-state index is 13.4. The van der Waals surface area contributed by atoms with Crippen molar-refractivity contribution in [2.45, 2.75) is 54.9 Å². The van der Waals surface area contributed by atoms with Crippen molar-refractivity contribution in [2.75, 3.05) is 11.1 Å². The van der Waals surface area contributed by atoms with Gasteiger partial charge >= 0.3 is 0 Å². The van der Waals surface area contributed by atoms with Crippen molar-refractivity contribution in [1.82, 2.24) is 4.98 Å². The van der Waals surface area contributed by atoms with Crippen LogP contribution in [-0.4, -0.2) is 27.4 Å². The van der Waals surface area contributed by atoms with E-state index in [-0.39, 0.29) is 11.3 Å². The zero-order chi connectivity index (χ0) is 21.1. The fraction of sp³-hybridized carbons (Fsp3) is 0.500. The summed E-state index contributed by atoms with van der Waals surface area (Å²) in [5.41, 5.74) is 2.23. The molecule has 4 saturated carbocycles. The monoisotopic (exact) mass is 470 g/mol. The number of carbonyl (C=O) groups excluding carboxylic acids is 1. The highest BCUT2D eigenvalue weighted by atomic mass is 32.2. The van der Waals surface area contributed by atoms with Crippen LogP contribution in [0.3, 0.4) is 0 Å². The van der Waals surface area contributed by atoms with Crippen molar-refractivity contribution >= 4 is 56.2 Å². The SMILES string of the molecule is O=C(Nc1ccc2nc(SCCc3ccsc3)sc2c1)C12CC3CC(CC(O)(C3)C1)C2. The second-order valence-corrected chi connectivity index (χ2v) is 13.0. The number of hydrogen-bond donors (Lipinski definition) is 2. The van der Waals surface area contributed by atoms with Gasteiger partial charge in [0.25, 0.3) is 0 Å². The number of amides is 1. The van der Waals surface area contributed by atoms with E-state index in [1.807, 2.05) is 12.1 Å². The molecule has 7 heteroatoms. The number of aliphatic hydroxyl groups is 1. The molecule has 7 rings (SSSR count). The number of thiazole rings is 1. The first-order chi connectivity index (χ1) is 15.0. The lowest BCUT2D eigenvalue weighted by molar-refractivity contribution is -0.174. The van der Waals surface area contributed by atoms with Gasteiger partial charge in [0.05, 0.1) is 21.2 Å². The van der Waals surface area contributed by atoms with E-state index in [2.05, 4.69) is 28.2 Å². The Hall–Kier alpha value is -1.41. The van der Waals surface area contributed by atoms with Gasteiger partial charge in [-0.1, -0.05) is 11.8 Å². The Morgan fingerprint density at radius 1 is 1.23 bits per heavy atom. The lowest BCUT2D eigenvalue weighted by Gasteiger charge is -2.59. The summed E-state index contributed by atoms with van der Waals surface area (Å²) in [5, 5.41) is 18.5. The molecule has 162 valence electrons. The third kappa shape index (κ3) is 3.84. The van der Waals surface area contributed by atoms with Gasteiger partial charge in [0, 0.05) is 11.4 Å². The van der Waals surface area contributed by atoms with E-state index in [0.717, 1.165) is 58.1 Å². The summed E-state index contributed by atoms with van der Waals surface area (Å²) in [6.45, 7) is 0. The molecule has 4 aliphatic carbocycles. The van der Waals surface area contributed by atoms with Crippen LogP contribution in [0.25, 0.3) is 10.2 Å². The van der Waals surface area contributed by atoms with Crippen molar-refractivity contribution in [3.05, 3.63) is 40.6 Å². The van der Waals surface area contributed by atoms with Crippen LogP contribution in [0.2, 0.25) is 0 Å². The van der Waals surface area contributed by atoms with Gasteiger partial charge in [-0.15, -0.1) is 11.3 Å². The molecular weight excluding hydrogens is 444 g/mol. The second kappa shape index (κ2) is 7.58. The van der Waals surface area contributed by atoms with Crippen LogP contribution in [0.1, 0.15) is 44.1 Å². The van der Waals surface area contributed by atoms with Crippen LogP contribution < -0.4 is 5.32 Å². The fourth-order valence-corrected chi connectivity index (χ4v) is 9.35. The molecule has 2 aromatic heterocycles. The topological polar surface area (TPSA) is 62.2 Å². The Morgan fingerprint density at radius 3 is 2.81 bits per heavy atom. The van der Waals surface area contributed by atoms with Crippen LogP contribution in [0, 0.1) is 17.3 Å². The first-order valence-electron chi connectivity index (χ1n) is 11.1. The number of hydrogen-bond acceptors (Lipinski definition) is 6. The van der Waals surface area contributed by atoms with E-state index in [4.69, 9.17) is 4.98 Å². The van der Waals surface area contributed by atoms with Crippen molar-refractivity contribution in [1.29, 1.82) is 0 Å². The molecule has 0 saturated heterocycles. The molecule has 0 aliphatic heterocycles. The minimum atomic E-state index is -0.613. The number of thioether (sulfide) groups is 1. The van der Waals surface area contributed by atoms with Gasteiger partial charge in [-0.25, -0.2) is 4.98 Å². The molecule has 2 atom stereocenters. The van der Waals surface area contributed by atoms with Gasteiger partial charge < -0.3 is 10.4 Å². The minimum absolute atomic E-state index is 0.106. The molecule has 4 nitrogen and oxygen atoms in total. The molecule has 31 heavy (non-hydrogen) atoms. The first-order valence-corrected chi connectivity index (χ1v) is 13.8. The summed E-state index contributed by atoms with van der Waals surface area (Å²) in [4.78, 5) is 18.1. The smallest absolute Gasteiger partial charge is 0.230 e. The Labute approximate surface area is 194 Å². The Bertz CT molecular complexity index is 1110. The van der Waals surface area contributed by atoms with Crippen molar-refractivity contribution < 1.29 is 9.90 Å². The summed E-state index contributed by atoms with van der Waals surface area (Å²) in [6.07, 6.45) is 6.53. The summed E-state index contributed by atoms with van der Waals surface area (Å²) in [7, 11) is 0. The summed E-state index contributed by atoms with van der Waals surface area (Å²) in [6, 6.07) is 8.22. The number of rotatable bonds is 6. The quantitative estimate of drug-likeness (QED) is 0.436. The summed E-state index contributed by atoms with van der Waals surface area (Å²) < 4.78 is 2.19. The second-order valence-electron chi connectivity index (χ2n) is 9.81. The number of anilines is 1. The lowest BCUT2D eigenvalue weighted by atomic mass is 9.47. The third-order valence-corrected chi connectivity index (χ3v) is 10.2. The molecule has 0 radical (unpaired) electrons. The number of aromatic nitrogens is 1. The molecule has 1 amide bonds. The van der Waals surface area contributed by atoms with Crippen molar-refractivity contribution in [3.8, 4) is 0 Å². The van der Waals surface area contributed by atoms with E-state index in [0.29, 0.717) is 18.3 Å². The largest absolute Gasteiger partial charge is 0.390 e. The normalized spacial score (nSPS) is 31.4. The Morgan fingerprint density at radius 2 is 2.06 bits per heavy atom. The zero-order valence-corrected chi connectivity index (χ0v) is 19.8. The molecule has 4 fully saturated rings. The number of nitrogens with one attached hydrogen (secondary N) is 1. The standard InChI is InChI=1S/C24H26N2O2S3/c27-21(23-9-16-7-17(10-23)12-24(28,11-16)14-23)25-18-1-2-19-20(8-18)31-22(26-19)30-6-4-15-3-5-29-13-15/h1-3,5,8,13,16-17,28H,4,6-7,9-12,14H2,(H,25,27). The number of carbonyl (C=O) groups is 1. The van der Waals surface area contributed by atoms with Crippen LogP contribution >= 0.6 is 34.4 Å². The van der Waals surface area contributed by atoms with E-state index in [1.54, 1.807) is 34.4 Å². The molecular formula is C24H26N2O2S3. The summed E-state index contributed by atoms with van der Waals surface area (Å²) in [5.74, 6) is 2.15. The van der Waals surface area contributed by atoms with Gasteiger partial charge in [-0.05, 0) is 97.4 Å².